The van der Waals surface area contributed by atoms with E-state index in [1.165, 1.54) is 21.6 Å². The summed E-state index contributed by atoms with van der Waals surface area (Å²) in [7, 11) is 0. The van der Waals surface area contributed by atoms with Crippen molar-refractivity contribution in [1.82, 2.24) is 5.32 Å². The zero-order chi connectivity index (χ0) is 14.7. The van der Waals surface area contributed by atoms with Gasteiger partial charge >= 0.3 is 0 Å². The summed E-state index contributed by atoms with van der Waals surface area (Å²) in [5.74, 6) is 0.0453. The Morgan fingerprint density at radius 1 is 1.18 bits per heavy atom. The number of nitrogens with one attached hydrogen (secondary N) is 1. The highest BCUT2D eigenvalue weighted by atomic mass is 35.5. The maximum absolute atomic E-state index is 12.2. The minimum Gasteiger partial charge on any atom is -0.351 e. The van der Waals surface area contributed by atoms with Crippen LogP contribution >= 0.6 is 23.7 Å². The normalized spacial score (nSPS) is 12.0. The van der Waals surface area contributed by atoms with Gasteiger partial charge in [0, 0.05) is 11.4 Å². The van der Waals surface area contributed by atoms with Crippen LogP contribution in [0.3, 0.4) is 0 Å². The lowest BCUT2D eigenvalue weighted by Crippen LogP contribution is -2.24. The van der Waals surface area contributed by atoms with E-state index < -0.39 is 0 Å². The Bertz CT molecular complexity index is 654. The van der Waals surface area contributed by atoms with Gasteiger partial charge in [-0.25, -0.2) is 0 Å². The molecular weight excluding hydrogens is 316 g/mol. The van der Waals surface area contributed by atoms with E-state index in [2.05, 4.69) is 35.6 Å². The second-order valence-corrected chi connectivity index (χ2v) is 6.43. The number of thiophene rings is 1. The molecule has 1 aliphatic rings. The van der Waals surface area contributed by atoms with Gasteiger partial charge in [-0.1, -0.05) is 24.3 Å². The molecule has 1 aliphatic carbocycles. The van der Waals surface area contributed by atoms with Gasteiger partial charge in [0.15, 0.2) is 0 Å². The number of hydrogen-bond donors (Lipinski definition) is 2. The predicted molar refractivity (Wildman–Crippen MR) is 95.0 cm³/mol. The molecule has 0 radical (unpaired) electrons. The second-order valence-electron chi connectivity index (χ2n) is 5.37. The first kappa shape index (κ1) is 17.0. The first-order valence-corrected chi connectivity index (χ1v) is 8.30. The third kappa shape index (κ3) is 3.51. The van der Waals surface area contributed by atoms with Gasteiger partial charge in [0.05, 0.1) is 4.88 Å². The van der Waals surface area contributed by atoms with Crippen molar-refractivity contribution >= 4 is 29.7 Å². The van der Waals surface area contributed by atoms with Crippen LogP contribution in [0.5, 0.6) is 0 Å². The van der Waals surface area contributed by atoms with Crippen LogP contribution in [0.2, 0.25) is 0 Å². The highest BCUT2D eigenvalue weighted by Gasteiger charge is 2.20. The Hall–Kier alpha value is -1.36. The lowest BCUT2D eigenvalue weighted by Gasteiger charge is -2.15. The van der Waals surface area contributed by atoms with E-state index in [1.54, 1.807) is 11.3 Å². The monoisotopic (exact) mass is 336 g/mol. The molecule has 1 heterocycles. The third-order valence-electron chi connectivity index (χ3n) is 3.87. The van der Waals surface area contributed by atoms with Gasteiger partial charge in [0.25, 0.3) is 5.91 Å². The van der Waals surface area contributed by atoms with Gasteiger partial charge in [-0.15, -0.1) is 23.7 Å². The van der Waals surface area contributed by atoms with E-state index in [0.717, 1.165) is 30.6 Å². The number of halogens is 1. The van der Waals surface area contributed by atoms with Gasteiger partial charge in [-0.3, -0.25) is 4.79 Å². The Labute approximate surface area is 141 Å². The molecule has 1 aromatic carbocycles. The summed E-state index contributed by atoms with van der Waals surface area (Å²) in [6.45, 7) is 1.38. The molecule has 0 bridgehead atoms. The van der Waals surface area contributed by atoms with E-state index in [4.69, 9.17) is 5.73 Å². The minimum absolute atomic E-state index is 0. The first-order chi connectivity index (χ1) is 10.3. The fourth-order valence-corrected chi connectivity index (χ4v) is 3.93. The average Bonchev–Trinajstić information content (AvgIpc) is 2.96. The number of amides is 1. The topological polar surface area (TPSA) is 55.1 Å². The molecule has 0 saturated carbocycles. The number of unbranched alkanes of at least 4 members (excludes halogenated alkanes) is 1. The van der Waals surface area contributed by atoms with Crippen molar-refractivity contribution in [2.45, 2.75) is 25.7 Å². The number of nitrogens with two attached hydrogens (primary N) is 1. The van der Waals surface area contributed by atoms with E-state index in [9.17, 15) is 4.79 Å². The van der Waals surface area contributed by atoms with Gasteiger partial charge in [0.2, 0.25) is 0 Å². The molecule has 0 aliphatic heterocycles. The lowest BCUT2D eigenvalue weighted by atomic mass is 9.91. The Balaban J connectivity index is 0.00000176. The molecule has 118 valence electrons. The van der Waals surface area contributed by atoms with Crippen LogP contribution in [0.25, 0.3) is 10.4 Å². The van der Waals surface area contributed by atoms with E-state index >= 15 is 0 Å². The number of aryl methyl sites for hydroxylation is 2. The van der Waals surface area contributed by atoms with Crippen molar-refractivity contribution in [3.63, 3.8) is 0 Å². The number of carbonyl (C=O) groups is 1. The summed E-state index contributed by atoms with van der Waals surface area (Å²) in [5, 5.41) is 2.98. The molecular formula is C17H21ClN2OS. The molecule has 0 atom stereocenters. The van der Waals surface area contributed by atoms with E-state index in [1.807, 2.05) is 0 Å². The van der Waals surface area contributed by atoms with Crippen LogP contribution in [0.15, 0.2) is 30.3 Å². The zero-order valence-corrected chi connectivity index (χ0v) is 14.1. The smallest absolute Gasteiger partial charge is 0.261 e. The highest BCUT2D eigenvalue weighted by molar-refractivity contribution is 7.17. The molecule has 3 N–H and O–H groups in total. The van der Waals surface area contributed by atoms with Crippen LogP contribution in [0.1, 0.15) is 33.6 Å². The molecule has 3 nitrogen and oxygen atoms in total. The minimum atomic E-state index is 0. The molecule has 1 aromatic heterocycles. The largest absolute Gasteiger partial charge is 0.351 e. The highest BCUT2D eigenvalue weighted by Crippen LogP contribution is 2.39. The van der Waals surface area contributed by atoms with Crippen LogP contribution < -0.4 is 11.1 Å². The number of hydrogen-bond acceptors (Lipinski definition) is 3. The van der Waals surface area contributed by atoms with Crippen molar-refractivity contribution in [1.29, 1.82) is 0 Å². The van der Waals surface area contributed by atoms with E-state index in [-0.39, 0.29) is 18.3 Å². The molecule has 3 rings (SSSR count). The standard InChI is InChI=1S/C17H20N2OS.ClH/c18-9-3-4-10-19-17(20)15-11-13-8-7-12-5-1-2-6-14(12)16(13)21-15;/h1-2,5-6,11H,3-4,7-10,18H2,(H,19,20);1H. The summed E-state index contributed by atoms with van der Waals surface area (Å²) in [6.07, 6.45) is 3.99. The predicted octanol–water partition coefficient (Wildman–Crippen LogP) is 3.40. The molecule has 2 aromatic rings. The summed E-state index contributed by atoms with van der Waals surface area (Å²) in [6, 6.07) is 10.6. The van der Waals surface area contributed by atoms with E-state index in [0.29, 0.717) is 13.1 Å². The Kier molecular flexibility index (Phi) is 6.00. The zero-order valence-electron chi connectivity index (χ0n) is 12.4. The summed E-state index contributed by atoms with van der Waals surface area (Å²) in [5.41, 5.74) is 9.46. The maximum atomic E-state index is 12.2. The van der Waals surface area contributed by atoms with Crippen molar-refractivity contribution in [3.8, 4) is 10.4 Å². The Morgan fingerprint density at radius 2 is 1.95 bits per heavy atom. The number of rotatable bonds is 5. The van der Waals surface area contributed by atoms with Gasteiger partial charge in [-0.2, -0.15) is 0 Å². The molecule has 0 spiro atoms. The SMILES string of the molecule is Cl.NCCCCNC(=O)c1cc2c(s1)-c1ccccc1CC2. The van der Waals surface area contributed by atoms with Crippen molar-refractivity contribution < 1.29 is 4.79 Å². The third-order valence-corrected chi connectivity index (χ3v) is 5.08. The van der Waals surface area contributed by atoms with Gasteiger partial charge in [-0.05, 0) is 55.0 Å². The number of fused-ring (bicyclic) bond motifs is 3. The summed E-state index contributed by atoms with van der Waals surface area (Å²) in [4.78, 5) is 14.3. The van der Waals surface area contributed by atoms with Crippen molar-refractivity contribution in [3.05, 3.63) is 46.3 Å². The number of carbonyl (C=O) groups excluding carboxylic acids is 1. The molecule has 1 amide bonds. The average molecular weight is 337 g/mol. The molecule has 22 heavy (non-hydrogen) atoms. The van der Waals surface area contributed by atoms with Crippen LogP contribution in [0.4, 0.5) is 0 Å². The van der Waals surface area contributed by atoms with Crippen LogP contribution in [-0.4, -0.2) is 19.0 Å². The van der Waals surface area contributed by atoms with Crippen molar-refractivity contribution in [2.75, 3.05) is 13.1 Å². The second kappa shape index (κ2) is 7.77. The van der Waals surface area contributed by atoms with Crippen LogP contribution in [-0.2, 0) is 12.8 Å². The summed E-state index contributed by atoms with van der Waals surface area (Å²) >= 11 is 1.61. The maximum Gasteiger partial charge on any atom is 0.261 e. The fraction of sp³-hybridized carbons (Fsp3) is 0.353. The quantitative estimate of drug-likeness (QED) is 0.822. The summed E-state index contributed by atoms with van der Waals surface area (Å²) < 4.78 is 0. The van der Waals surface area contributed by atoms with Crippen LogP contribution in [0, 0.1) is 0 Å². The van der Waals surface area contributed by atoms with Gasteiger partial charge in [0.1, 0.15) is 0 Å². The fourth-order valence-electron chi connectivity index (χ4n) is 2.74. The molecule has 5 heteroatoms. The van der Waals surface area contributed by atoms with Gasteiger partial charge < -0.3 is 11.1 Å². The molecule has 0 saturated heterocycles. The molecule has 0 fully saturated rings. The number of benzene rings is 1. The first-order valence-electron chi connectivity index (χ1n) is 7.49. The Morgan fingerprint density at radius 3 is 2.77 bits per heavy atom. The van der Waals surface area contributed by atoms with Crippen molar-refractivity contribution in [2.24, 2.45) is 5.73 Å². The lowest BCUT2D eigenvalue weighted by molar-refractivity contribution is 0.0957. The molecule has 0 unspecified atom stereocenters.